The second-order valence-corrected chi connectivity index (χ2v) is 6.55. The molecule has 0 amide bonds. The monoisotopic (exact) mass is 416 g/mol. The van der Waals surface area contributed by atoms with E-state index in [0.717, 1.165) is 5.56 Å². The number of nitrogens with zero attached hydrogens (tertiary/aromatic N) is 3. The number of nitro groups is 1. The molecule has 26 heavy (non-hydrogen) atoms. The van der Waals surface area contributed by atoms with Gasteiger partial charge in [0.1, 0.15) is 23.3 Å². The highest BCUT2D eigenvalue weighted by molar-refractivity contribution is 9.10. The lowest BCUT2D eigenvalue weighted by molar-refractivity contribution is -0.384. The maximum Gasteiger partial charge on any atom is 0.293 e. The van der Waals surface area contributed by atoms with Crippen molar-refractivity contribution in [1.82, 2.24) is 9.55 Å². The molecule has 0 saturated carbocycles. The van der Waals surface area contributed by atoms with Crippen molar-refractivity contribution in [3.8, 4) is 5.75 Å². The van der Waals surface area contributed by atoms with Crippen LogP contribution < -0.4 is 10.1 Å². The largest absolute Gasteiger partial charge is 0.496 e. The number of para-hydroxylation sites is 1. The van der Waals surface area contributed by atoms with Gasteiger partial charge in [0, 0.05) is 35.5 Å². The number of hydrogen-bond donors (Lipinski definition) is 1. The molecule has 0 fully saturated rings. The van der Waals surface area contributed by atoms with Crippen molar-refractivity contribution >= 4 is 27.3 Å². The summed E-state index contributed by atoms with van der Waals surface area (Å²) in [6.45, 7) is 0. The topological polar surface area (TPSA) is 82.2 Å². The minimum Gasteiger partial charge on any atom is -0.496 e. The van der Waals surface area contributed by atoms with Crippen molar-refractivity contribution in [3.05, 3.63) is 80.8 Å². The number of aryl methyl sites for hydroxylation is 1. The molecule has 0 aliphatic carbocycles. The molecule has 8 heteroatoms. The fourth-order valence-corrected chi connectivity index (χ4v) is 3.12. The zero-order chi connectivity index (χ0) is 18.7. The van der Waals surface area contributed by atoms with E-state index in [9.17, 15) is 10.1 Å². The van der Waals surface area contributed by atoms with E-state index >= 15 is 0 Å². The predicted octanol–water partition coefficient (Wildman–Crippen LogP) is 4.30. The van der Waals surface area contributed by atoms with Gasteiger partial charge in [-0.05, 0) is 18.2 Å². The van der Waals surface area contributed by atoms with Crippen molar-refractivity contribution in [2.45, 2.75) is 6.04 Å². The Morgan fingerprint density at radius 2 is 2.08 bits per heavy atom. The molecular formula is C18H17BrN4O3. The Kier molecular flexibility index (Phi) is 5.22. The number of methoxy groups -OCH3 is 1. The van der Waals surface area contributed by atoms with Gasteiger partial charge in [-0.3, -0.25) is 10.1 Å². The maximum atomic E-state index is 11.5. The lowest BCUT2D eigenvalue weighted by Gasteiger charge is -2.22. The normalized spacial score (nSPS) is 11.8. The van der Waals surface area contributed by atoms with Crippen LogP contribution in [0.4, 0.5) is 11.4 Å². The molecule has 0 radical (unpaired) electrons. The smallest absolute Gasteiger partial charge is 0.293 e. The zero-order valence-corrected chi connectivity index (χ0v) is 15.8. The van der Waals surface area contributed by atoms with Gasteiger partial charge in [-0.1, -0.05) is 34.1 Å². The molecule has 0 saturated heterocycles. The summed E-state index contributed by atoms with van der Waals surface area (Å²) in [5.41, 5.74) is 1.21. The van der Waals surface area contributed by atoms with Crippen LogP contribution in [0.5, 0.6) is 5.75 Å². The van der Waals surface area contributed by atoms with Gasteiger partial charge in [-0.25, -0.2) is 4.98 Å². The van der Waals surface area contributed by atoms with Crippen molar-refractivity contribution in [2.24, 2.45) is 7.05 Å². The van der Waals surface area contributed by atoms with Gasteiger partial charge < -0.3 is 14.6 Å². The summed E-state index contributed by atoms with van der Waals surface area (Å²) in [6.07, 6.45) is 3.52. The minimum absolute atomic E-state index is 0.0199. The molecule has 134 valence electrons. The quantitative estimate of drug-likeness (QED) is 0.478. The van der Waals surface area contributed by atoms with Crippen LogP contribution in [0.15, 0.2) is 59.3 Å². The number of rotatable bonds is 6. The van der Waals surface area contributed by atoms with Crippen LogP contribution >= 0.6 is 15.9 Å². The molecule has 1 N–H and O–H groups in total. The number of benzene rings is 2. The zero-order valence-electron chi connectivity index (χ0n) is 14.2. The Balaban J connectivity index is 2.12. The fourth-order valence-electron chi connectivity index (χ4n) is 2.78. The molecule has 0 aliphatic heterocycles. The molecule has 1 unspecified atom stereocenters. The summed E-state index contributed by atoms with van der Waals surface area (Å²) in [6, 6.07) is 12.0. The SMILES string of the molecule is COc1ccccc1C(Nc1ccc(Br)cc1[N+](=O)[O-])c1nccn1C. The van der Waals surface area contributed by atoms with Crippen molar-refractivity contribution in [1.29, 1.82) is 0 Å². The van der Waals surface area contributed by atoms with Gasteiger partial charge in [0.2, 0.25) is 0 Å². The lowest BCUT2D eigenvalue weighted by Crippen LogP contribution is -2.18. The first kappa shape index (κ1) is 17.9. The number of aromatic nitrogens is 2. The number of imidazole rings is 1. The molecule has 7 nitrogen and oxygen atoms in total. The van der Waals surface area contributed by atoms with Gasteiger partial charge in [0.05, 0.1) is 12.0 Å². The molecule has 0 aliphatic rings. The molecule has 1 atom stereocenters. The maximum absolute atomic E-state index is 11.5. The Hall–Kier alpha value is -2.87. The predicted molar refractivity (Wildman–Crippen MR) is 102 cm³/mol. The van der Waals surface area contributed by atoms with Crippen molar-refractivity contribution in [3.63, 3.8) is 0 Å². The Labute approximate surface area is 158 Å². The molecule has 3 aromatic rings. The van der Waals surface area contributed by atoms with Crippen LogP contribution in [-0.4, -0.2) is 21.6 Å². The van der Waals surface area contributed by atoms with E-state index in [1.807, 2.05) is 42.1 Å². The van der Waals surface area contributed by atoms with E-state index in [4.69, 9.17) is 4.74 Å². The van der Waals surface area contributed by atoms with E-state index in [-0.39, 0.29) is 5.69 Å². The van der Waals surface area contributed by atoms with Crippen LogP contribution in [0.2, 0.25) is 0 Å². The van der Waals surface area contributed by atoms with Gasteiger partial charge in [-0.15, -0.1) is 0 Å². The summed E-state index contributed by atoms with van der Waals surface area (Å²) in [4.78, 5) is 15.5. The van der Waals surface area contributed by atoms with E-state index in [0.29, 0.717) is 21.7 Å². The molecule has 1 aromatic heterocycles. The summed E-state index contributed by atoms with van der Waals surface area (Å²) in [5.74, 6) is 1.39. The standard InChI is InChI=1S/C18H17BrN4O3/c1-22-10-9-20-18(22)17(13-5-3-4-6-16(13)26-2)21-14-8-7-12(19)11-15(14)23(24)25/h3-11,17,21H,1-2H3. The van der Waals surface area contributed by atoms with Crippen LogP contribution in [-0.2, 0) is 7.05 Å². The molecule has 0 spiro atoms. The third-order valence-electron chi connectivity index (χ3n) is 4.02. The molecule has 3 rings (SSSR count). The Morgan fingerprint density at radius 3 is 2.73 bits per heavy atom. The Morgan fingerprint density at radius 1 is 1.31 bits per heavy atom. The van der Waals surface area contributed by atoms with Crippen LogP contribution in [0.3, 0.4) is 0 Å². The molecular weight excluding hydrogens is 400 g/mol. The van der Waals surface area contributed by atoms with Gasteiger partial charge >= 0.3 is 0 Å². The first-order valence-corrected chi connectivity index (χ1v) is 8.61. The fraction of sp³-hybridized carbons (Fsp3) is 0.167. The summed E-state index contributed by atoms with van der Waals surface area (Å²) in [5, 5.41) is 14.7. The minimum atomic E-state index is -0.425. The van der Waals surface area contributed by atoms with Crippen LogP contribution in [0, 0.1) is 10.1 Å². The number of halogens is 1. The van der Waals surface area contributed by atoms with Crippen molar-refractivity contribution in [2.75, 3.05) is 12.4 Å². The third-order valence-corrected chi connectivity index (χ3v) is 4.52. The number of nitro benzene ring substituents is 1. The number of nitrogens with one attached hydrogen (secondary N) is 1. The first-order chi connectivity index (χ1) is 12.5. The number of hydrogen-bond acceptors (Lipinski definition) is 5. The Bertz CT molecular complexity index is 942. The van der Waals surface area contributed by atoms with E-state index in [1.165, 1.54) is 6.07 Å². The lowest BCUT2D eigenvalue weighted by atomic mass is 10.0. The summed E-state index contributed by atoms with van der Waals surface area (Å²) in [7, 11) is 3.47. The van der Waals surface area contributed by atoms with Crippen LogP contribution in [0.1, 0.15) is 17.4 Å². The highest BCUT2D eigenvalue weighted by Gasteiger charge is 2.25. The van der Waals surface area contributed by atoms with E-state index in [1.54, 1.807) is 25.4 Å². The summed E-state index contributed by atoms with van der Waals surface area (Å²) < 4.78 is 7.99. The molecule has 1 heterocycles. The highest BCUT2D eigenvalue weighted by Crippen LogP contribution is 2.36. The first-order valence-electron chi connectivity index (χ1n) is 7.82. The number of ether oxygens (including phenoxy) is 1. The van der Waals surface area contributed by atoms with Crippen molar-refractivity contribution < 1.29 is 9.66 Å². The van der Waals surface area contributed by atoms with Gasteiger partial charge in [0.15, 0.2) is 0 Å². The second kappa shape index (κ2) is 7.57. The molecule has 2 aromatic carbocycles. The van der Waals surface area contributed by atoms with Gasteiger partial charge in [0.25, 0.3) is 5.69 Å². The second-order valence-electron chi connectivity index (χ2n) is 5.63. The average Bonchev–Trinajstić information content (AvgIpc) is 3.06. The third kappa shape index (κ3) is 3.55. The van der Waals surface area contributed by atoms with Gasteiger partial charge in [-0.2, -0.15) is 0 Å². The van der Waals surface area contributed by atoms with E-state index in [2.05, 4.69) is 26.2 Å². The van der Waals surface area contributed by atoms with E-state index < -0.39 is 11.0 Å². The highest BCUT2D eigenvalue weighted by atomic mass is 79.9. The average molecular weight is 417 g/mol. The van der Waals surface area contributed by atoms with Crippen LogP contribution in [0.25, 0.3) is 0 Å². The molecule has 0 bridgehead atoms. The summed E-state index contributed by atoms with van der Waals surface area (Å²) >= 11 is 3.28. The number of anilines is 1.